The van der Waals surface area contributed by atoms with Crippen molar-refractivity contribution in [1.82, 2.24) is 4.90 Å². The number of aliphatic hydroxyl groups is 1. The van der Waals surface area contributed by atoms with E-state index in [1.54, 1.807) is 36.4 Å². The number of ketones is 1. The van der Waals surface area contributed by atoms with Crippen molar-refractivity contribution in [2.24, 2.45) is 0 Å². The lowest BCUT2D eigenvalue weighted by molar-refractivity contribution is -0.140. The number of unbranched alkanes of at least 4 members (excludes halogenated alkanes) is 2. The molecule has 154 valence electrons. The van der Waals surface area contributed by atoms with Crippen LogP contribution in [-0.2, 0) is 9.59 Å². The summed E-state index contributed by atoms with van der Waals surface area (Å²) in [6.07, 6.45) is 5.09. The average molecular weight is 397 g/mol. The van der Waals surface area contributed by atoms with Gasteiger partial charge in [-0.3, -0.25) is 9.59 Å². The van der Waals surface area contributed by atoms with Crippen LogP contribution in [0.2, 0.25) is 0 Å². The Labute approximate surface area is 170 Å². The predicted octanol–water partition coefficient (Wildman–Crippen LogP) is 4.68. The van der Waals surface area contributed by atoms with Crippen molar-refractivity contribution in [3.63, 3.8) is 0 Å². The van der Waals surface area contributed by atoms with E-state index in [0.29, 0.717) is 30.2 Å². The van der Waals surface area contributed by atoms with Gasteiger partial charge >= 0.3 is 0 Å². The second kappa shape index (κ2) is 9.45. The molecule has 29 heavy (non-hydrogen) atoms. The highest BCUT2D eigenvalue weighted by Crippen LogP contribution is 2.40. The largest absolute Gasteiger partial charge is 0.507 e. The van der Waals surface area contributed by atoms with Gasteiger partial charge in [0.2, 0.25) is 0 Å². The molecule has 6 heteroatoms. The minimum atomic E-state index is -0.734. The summed E-state index contributed by atoms with van der Waals surface area (Å²) in [5, 5.41) is 11.0. The molecule has 1 saturated heterocycles. The van der Waals surface area contributed by atoms with E-state index in [0.717, 1.165) is 25.7 Å². The molecule has 0 aliphatic carbocycles. The molecular formula is C23H27NO5. The summed E-state index contributed by atoms with van der Waals surface area (Å²) in [4.78, 5) is 27.1. The van der Waals surface area contributed by atoms with Crippen LogP contribution in [0.15, 0.2) is 52.7 Å². The van der Waals surface area contributed by atoms with Crippen molar-refractivity contribution in [2.45, 2.75) is 45.6 Å². The van der Waals surface area contributed by atoms with E-state index >= 15 is 0 Å². The quantitative estimate of drug-likeness (QED) is 0.288. The molecule has 1 aliphatic rings. The van der Waals surface area contributed by atoms with Crippen molar-refractivity contribution in [3.8, 4) is 5.75 Å². The fourth-order valence-electron chi connectivity index (χ4n) is 3.49. The SMILES string of the molecule is CCCCCN1C(=O)C(=O)/C(=C(\O)c2cccc(OCCC)c2)C1c1ccco1. The van der Waals surface area contributed by atoms with Crippen LogP contribution in [0.3, 0.4) is 0 Å². The minimum absolute atomic E-state index is 0.0501. The fraction of sp³-hybridized carbons (Fsp3) is 0.391. The molecule has 1 aromatic carbocycles. The summed E-state index contributed by atoms with van der Waals surface area (Å²) in [5.74, 6) is -0.462. The molecule has 0 spiro atoms. The number of carbonyl (C=O) groups excluding carboxylic acids is 2. The molecule has 0 radical (unpaired) electrons. The van der Waals surface area contributed by atoms with Gasteiger partial charge in [-0.25, -0.2) is 0 Å². The number of hydrogen-bond donors (Lipinski definition) is 1. The second-order valence-corrected chi connectivity index (χ2v) is 7.09. The monoisotopic (exact) mass is 397 g/mol. The van der Waals surface area contributed by atoms with Crippen LogP contribution in [0.5, 0.6) is 5.75 Å². The maximum atomic E-state index is 12.8. The number of likely N-dealkylation sites (tertiary alicyclic amines) is 1. The number of furan rings is 1. The molecule has 2 heterocycles. The molecule has 1 aromatic heterocycles. The van der Waals surface area contributed by atoms with Crippen LogP contribution in [0.25, 0.3) is 5.76 Å². The summed E-state index contributed by atoms with van der Waals surface area (Å²) in [6.45, 7) is 5.07. The number of amides is 1. The zero-order chi connectivity index (χ0) is 20.8. The van der Waals surface area contributed by atoms with Crippen molar-refractivity contribution in [1.29, 1.82) is 0 Å². The van der Waals surface area contributed by atoms with E-state index in [4.69, 9.17) is 9.15 Å². The molecule has 1 fully saturated rings. The number of hydrogen-bond acceptors (Lipinski definition) is 5. The Bertz CT molecular complexity index is 884. The second-order valence-electron chi connectivity index (χ2n) is 7.09. The highest BCUT2D eigenvalue weighted by Gasteiger charge is 2.47. The smallest absolute Gasteiger partial charge is 0.295 e. The Morgan fingerprint density at radius 1 is 1.14 bits per heavy atom. The third kappa shape index (κ3) is 4.36. The summed E-state index contributed by atoms with van der Waals surface area (Å²) >= 11 is 0. The first kappa shape index (κ1) is 20.7. The molecule has 1 N–H and O–H groups in total. The topological polar surface area (TPSA) is 80.0 Å². The van der Waals surface area contributed by atoms with Crippen LogP contribution in [0.1, 0.15) is 56.9 Å². The van der Waals surface area contributed by atoms with Crippen LogP contribution < -0.4 is 4.74 Å². The number of ether oxygens (including phenoxy) is 1. The van der Waals surface area contributed by atoms with Gasteiger partial charge in [-0.1, -0.05) is 38.8 Å². The predicted molar refractivity (Wildman–Crippen MR) is 109 cm³/mol. The first-order valence-corrected chi connectivity index (χ1v) is 10.1. The van der Waals surface area contributed by atoms with Gasteiger partial charge in [-0.15, -0.1) is 0 Å². The number of Topliss-reactive ketones (excluding diaryl/α,β-unsaturated/α-hetero) is 1. The van der Waals surface area contributed by atoms with E-state index in [1.807, 2.05) is 6.92 Å². The Balaban J connectivity index is 2.02. The van der Waals surface area contributed by atoms with Crippen LogP contribution in [-0.4, -0.2) is 34.8 Å². The number of benzene rings is 1. The molecular weight excluding hydrogens is 370 g/mol. The highest BCUT2D eigenvalue weighted by atomic mass is 16.5. The standard InChI is InChI=1S/C23H27NO5/c1-3-5-6-12-24-20(18-11-8-14-29-18)19(22(26)23(24)27)21(25)16-9-7-10-17(15-16)28-13-4-2/h7-11,14-15,20,25H,3-6,12-13H2,1-2H3/b21-19-. The Morgan fingerprint density at radius 3 is 2.66 bits per heavy atom. The molecule has 0 bridgehead atoms. The van der Waals surface area contributed by atoms with Gasteiger partial charge in [0.05, 0.1) is 18.4 Å². The van der Waals surface area contributed by atoms with Crippen molar-refractivity contribution in [3.05, 3.63) is 59.6 Å². The molecule has 1 atom stereocenters. The Hall–Kier alpha value is -3.02. The molecule has 0 saturated carbocycles. The number of carbonyl (C=O) groups is 2. The first-order chi connectivity index (χ1) is 14.1. The highest BCUT2D eigenvalue weighted by molar-refractivity contribution is 6.46. The molecule has 1 aliphatic heterocycles. The molecule has 1 amide bonds. The van der Waals surface area contributed by atoms with E-state index in [-0.39, 0.29) is 11.3 Å². The lowest BCUT2D eigenvalue weighted by atomic mass is 9.99. The van der Waals surface area contributed by atoms with E-state index in [9.17, 15) is 14.7 Å². The molecule has 2 aromatic rings. The Kier molecular flexibility index (Phi) is 6.75. The van der Waals surface area contributed by atoms with E-state index < -0.39 is 17.7 Å². The lowest BCUT2D eigenvalue weighted by Gasteiger charge is -2.23. The van der Waals surface area contributed by atoms with Gasteiger partial charge in [0.25, 0.3) is 11.7 Å². The van der Waals surface area contributed by atoms with Crippen molar-refractivity contribution >= 4 is 17.4 Å². The Morgan fingerprint density at radius 2 is 1.97 bits per heavy atom. The zero-order valence-electron chi connectivity index (χ0n) is 16.9. The summed E-state index contributed by atoms with van der Waals surface area (Å²) in [6, 6.07) is 9.60. The summed E-state index contributed by atoms with van der Waals surface area (Å²) < 4.78 is 11.2. The maximum absolute atomic E-state index is 12.8. The normalized spacial score (nSPS) is 18.4. The maximum Gasteiger partial charge on any atom is 0.295 e. The van der Waals surface area contributed by atoms with Gasteiger partial charge in [0, 0.05) is 12.1 Å². The van der Waals surface area contributed by atoms with Gasteiger partial charge in [-0.05, 0) is 37.1 Å². The summed E-state index contributed by atoms with van der Waals surface area (Å²) in [5.41, 5.74) is 0.482. The molecule has 6 nitrogen and oxygen atoms in total. The van der Waals surface area contributed by atoms with E-state index in [2.05, 4.69) is 6.92 Å². The van der Waals surface area contributed by atoms with Crippen LogP contribution >= 0.6 is 0 Å². The fourth-order valence-corrected chi connectivity index (χ4v) is 3.49. The first-order valence-electron chi connectivity index (χ1n) is 10.1. The number of nitrogens with zero attached hydrogens (tertiary/aromatic N) is 1. The van der Waals surface area contributed by atoms with Gasteiger partial charge in [0.1, 0.15) is 23.3 Å². The minimum Gasteiger partial charge on any atom is -0.507 e. The molecule has 1 unspecified atom stereocenters. The summed E-state index contributed by atoms with van der Waals surface area (Å²) in [7, 11) is 0. The number of aliphatic hydroxyl groups excluding tert-OH is 1. The van der Waals surface area contributed by atoms with Crippen molar-refractivity contribution < 1.29 is 23.8 Å². The van der Waals surface area contributed by atoms with Gasteiger partial charge in [-0.2, -0.15) is 0 Å². The van der Waals surface area contributed by atoms with Crippen LogP contribution in [0, 0.1) is 0 Å². The third-order valence-electron chi connectivity index (χ3n) is 4.94. The lowest BCUT2D eigenvalue weighted by Crippen LogP contribution is -2.30. The van der Waals surface area contributed by atoms with Crippen LogP contribution in [0.4, 0.5) is 0 Å². The van der Waals surface area contributed by atoms with Gasteiger partial charge in [0.15, 0.2) is 0 Å². The zero-order valence-corrected chi connectivity index (χ0v) is 16.9. The molecule has 3 rings (SSSR count). The van der Waals surface area contributed by atoms with Crippen molar-refractivity contribution in [2.75, 3.05) is 13.2 Å². The van der Waals surface area contributed by atoms with E-state index in [1.165, 1.54) is 11.2 Å². The third-order valence-corrected chi connectivity index (χ3v) is 4.94. The average Bonchev–Trinajstić information content (AvgIpc) is 3.34. The van der Waals surface area contributed by atoms with Gasteiger partial charge < -0.3 is 19.2 Å². The number of rotatable bonds is 9.